The maximum absolute atomic E-state index is 12.3. The minimum absolute atomic E-state index is 0.0491. The third-order valence-corrected chi connectivity index (χ3v) is 4.49. The fourth-order valence-electron chi connectivity index (χ4n) is 3.03. The zero-order chi connectivity index (χ0) is 21.3. The fraction of sp³-hybridized carbons (Fsp3) is 0.0455. The normalized spacial score (nSPS) is 11.4. The van der Waals surface area contributed by atoms with Gasteiger partial charge in [0, 0.05) is 23.8 Å². The molecular formula is C22H14N4O4. The molecule has 0 amide bonds. The van der Waals surface area contributed by atoms with Crippen molar-refractivity contribution in [1.29, 1.82) is 5.26 Å². The van der Waals surface area contributed by atoms with Gasteiger partial charge in [-0.05, 0) is 36.8 Å². The van der Waals surface area contributed by atoms with Gasteiger partial charge >= 0.3 is 0 Å². The molecule has 2 heterocycles. The number of hydrogen-bond donors (Lipinski definition) is 1. The lowest BCUT2D eigenvalue weighted by molar-refractivity contribution is -0.384. The second kappa shape index (κ2) is 7.48. The van der Waals surface area contributed by atoms with Crippen LogP contribution in [0.25, 0.3) is 33.9 Å². The van der Waals surface area contributed by atoms with Crippen molar-refractivity contribution in [3.05, 3.63) is 92.2 Å². The molecule has 30 heavy (non-hydrogen) atoms. The molecule has 0 aliphatic rings. The zero-order valence-corrected chi connectivity index (χ0v) is 15.7. The van der Waals surface area contributed by atoms with Crippen molar-refractivity contribution in [2.24, 2.45) is 0 Å². The van der Waals surface area contributed by atoms with Gasteiger partial charge in [0.2, 0.25) is 0 Å². The zero-order valence-electron chi connectivity index (χ0n) is 15.7. The molecule has 0 unspecified atom stereocenters. The van der Waals surface area contributed by atoms with Crippen LogP contribution in [0.2, 0.25) is 0 Å². The first-order valence-corrected chi connectivity index (χ1v) is 8.92. The summed E-state index contributed by atoms with van der Waals surface area (Å²) in [7, 11) is 0. The number of nitrogens with one attached hydrogen (secondary N) is 1. The number of furan rings is 1. The molecule has 0 spiro atoms. The Morgan fingerprint density at radius 1 is 1.23 bits per heavy atom. The number of rotatable bonds is 4. The Kier molecular flexibility index (Phi) is 4.70. The van der Waals surface area contributed by atoms with Crippen molar-refractivity contribution in [2.75, 3.05) is 0 Å². The van der Waals surface area contributed by atoms with Gasteiger partial charge in [0.1, 0.15) is 17.6 Å². The summed E-state index contributed by atoms with van der Waals surface area (Å²) in [5, 5.41) is 21.0. The topological polar surface area (TPSA) is 126 Å². The standard InChI is InChI=1S/C22H14N4O4/c1-13-5-7-18-19(9-13)24-21(25-22(18)27)15(12-23)11-17-6-8-20(30-17)14-3-2-4-16(10-14)26(28)29/h2-11H,1H3,(H,24,25,27). The van der Waals surface area contributed by atoms with E-state index in [2.05, 4.69) is 9.97 Å². The lowest BCUT2D eigenvalue weighted by Crippen LogP contribution is -2.11. The summed E-state index contributed by atoms with van der Waals surface area (Å²) in [5.41, 5.74) is 1.71. The van der Waals surface area contributed by atoms with Crippen molar-refractivity contribution in [1.82, 2.24) is 9.97 Å². The number of aromatic amines is 1. The highest BCUT2D eigenvalue weighted by atomic mass is 16.6. The average Bonchev–Trinajstić information content (AvgIpc) is 3.20. The molecule has 1 N–H and O–H groups in total. The predicted molar refractivity (Wildman–Crippen MR) is 111 cm³/mol. The van der Waals surface area contributed by atoms with Crippen LogP contribution in [0.5, 0.6) is 0 Å². The molecule has 0 saturated heterocycles. The van der Waals surface area contributed by atoms with Crippen molar-refractivity contribution in [3.8, 4) is 17.4 Å². The van der Waals surface area contributed by atoms with Gasteiger partial charge < -0.3 is 9.40 Å². The van der Waals surface area contributed by atoms with E-state index in [9.17, 15) is 20.2 Å². The summed E-state index contributed by atoms with van der Waals surface area (Å²) in [4.78, 5) is 29.9. The first-order valence-electron chi connectivity index (χ1n) is 8.92. The molecule has 4 rings (SSSR count). The van der Waals surface area contributed by atoms with Crippen molar-refractivity contribution < 1.29 is 9.34 Å². The molecule has 0 atom stereocenters. The Morgan fingerprint density at radius 2 is 2.07 bits per heavy atom. The highest BCUT2D eigenvalue weighted by molar-refractivity contribution is 5.88. The van der Waals surface area contributed by atoms with Gasteiger partial charge in [-0.2, -0.15) is 5.26 Å². The van der Waals surface area contributed by atoms with Crippen LogP contribution in [0.3, 0.4) is 0 Å². The van der Waals surface area contributed by atoms with E-state index in [4.69, 9.17) is 4.42 Å². The monoisotopic (exact) mass is 398 g/mol. The molecule has 0 bridgehead atoms. The number of nitro groups is 1. The number of hydrogen-bond acceptors (Lipinski definition) is 6. The number of nitriles is 1. The number of aryl methyl sites for hydroxylation is 1. The quantitative estimate of drug-likeness (QED) is 0.307. The van der Waals surface area contributed by atoms with Crippen LogP contribution in [0.4, 0.5) is 5.69 Å². The van der Waals surface area contributed by atoms with E-state index < -0.39 is 4.92 Å². The molecule has 4 aromatic rings. The molecule has 146 valence electrons. The number of benzene rings is 2. The number of H-pyrrole nitrogens is 1. The molecule has 0 aliphatic carbocycles. The van der Waals surface area contributed by atoms with Gasteiger partial charge in [-0.15, -0.1) is 0 Å². The smallest absolute Gasteiger partial charge is 0.270 e. The highest BCUT2D eigenvalue weighted by Gasteiger charge is 2.12. The summed E-state index contributed by atoms with van der Waals surface area (Å²) in [6.07, 6.45) is 1.46. The van der Waals surface area contributed by atoms with E-state index in [1.165, 1.54) is 18.2 Å². The number of aromatic nitrogens is 2. The maximum Gasteiger partial charge on any atom is 0.270 e. The van der Waals surface area contributed by atoms with Crippen molar-refractivity contribution in [3.63, 3.8) is 0 Å². The number of allylic oxidation sites excluding steroid dienone is 1. The van der Waals surface area contributed by atoms with Gasteiger partial charge in [0.05, 0.1) is 21.4 Å². The van der Waals surface area contributed by atoms with E-state index in [1.54, 1.807) is 36.4 Å². The van der Waals surface area contributed by atoms with E-state index in [1.807, 2.05) is 19.1 Å². The fourth-order valence-corrected chi connectivity index (χ4v) is 3.03. The van der Waals surface area contributed by atoms with Crippen LogP contribution in [0, 0.1) is 28.4 Å². The maximum atomic E-state index is 12.3. The van der Waals surface area contributed by atoms with E-state index >= 15 is 0 Å². The van der Waals surface area contributed by atoms with Gasteiger partial charge in [0.25, 0.3) is 11.2 Å². The van der Waals surface area contributed by atoms with Gasteiger partial charge in [-0.1, -0.05) is 18.2 Å². The van der Waals surface area contributed by atoms with Crippen LogP contribution >= 0.6 is 0 Å². The first kappa shape index (κ1) is 18.8. The second-order valence-corrected chi connectivity index (χ2v) is 6.61. The Balaban J connectivity index is 1.73. The third kappa shape index (κ3) is 3.59. The number of fused-ring (bicyclic) bond motifs is 1. The van der Waals surface area contributed by atoms with Crippen LogP contribution in [-0.4, -0.2) is 14.9 Å². The van der Waals surface area contributed by atoms with Gasteiger partial charge in [0.15, 0.2) is 5.82 Å². The Morgan fingerprint density at radius 3 is 2.83 bits per heavy atom. The summed E-state index contributed by atoms with van der Waals surface area (Å²) in [6, 6.07) is 16.6. The number of nitro benzene ring substituents is 1. The highest BCUT2D eigenvalue weighted by Crippen LogP contribution is 2.27. The first-order chi connectivity index (χ1) is 14.4. The van der Waals surface area contributed by atoms with Gasteiger partial charge in [-0.3, -0.25) is 14.9 Å². The largest absolute Gasteiger partial charge is 0.457 e. The van der Waals surface area contributed by atoms with E-state index in [-0.39, 0.29) is 22.6 Å². The lowest BCUT2D eigenvalue weighted by Gasteiger charge is -2.02. The van der Waals surface area contributed by atoms with Crippen LogP contribution in [0.1, 0.15) is 17.1 Å². The Hall–Kier alpha value is -4.51. The molecule has 0 radical (unpaired) electrons. The minimum Gasteiger partial charge on any atom is -0.457 e. The molecule has 8 heteroatoms. The number of non-ortho nitro benzene ring substituents is 1. The van der Waals surface area contributed by atoms with Crippen molar-refractivity contribution >= 4 is 28.2 Å². The minimum atomic E-state index is -0.482. The van der Waals surface area contributed by atoms with E-state index in [0.29, 0.717) is 28.0 Å². The van der Waals surface area contributed by atoms with Crippen molar-refractivity contribution in [2.45, 2.75) is 6.92 Å². The summed E-state index contributed by atoms with van der Waals surface area (Å²) < 4.78 is 5.73. The predicted octanol–water partition coefficient (Wildman–Crippen LogP) is 4.46. The molecule has 2 aromatic carbocycles. The third-order valence-electron chi connectivity index (χ3n) is 4.49. The Labute approximate surface area is 169 Å². The van der Waals surface area contributed by atoms with Crippen LogP contribution in [-0.2, 0) is 0 Å². The molecule has 0 fully saturated rings. The lowest BCUT2D eigenvalue weighted by atomic mass is 10.1. The molecule has 8 nitrogen and oxygen atoms in total. The average molecular weight is 398 g/mol. The summed E-state index contributed by atoms with van der Waals surface area (Å²) in [5.74, 6) is 0.895. The van der Waals surface area contributed by atoms with Crippen LogP contribution in [0.15, 0.2) is 63.8 Å². The molecule has 0 aliphatic heterocycles. The number of nitrogens with zero attached hydrogens (tertiary/aromatic N) is 3. The summed E-state index contributed by atoms with van der Waals surface area (Å²) in [6.45, 7) is 1.89. The molecular weight excluding hydrogens is 384 g/mol. The SMILES string of the molecule is Cc1ccc2c(=O)[nH]c(C(C#N)=Cc3ccc(-c4cccc([N+](=O)[O-])c4)o3)nc2c1. The van der Waals surface area contributed by atoms with Gasteiger partial charge in [-0.25, -0.2) is 4.98 Å². The van der Waals surface area contributed by atoms with E-state index in [0.717, 1.165) is 5.56 Å². The molecule has 0 saturated carbocycles. The van der Waals surface area contributed by atoms with Crippen LogP contribution < -0.4 is 5.56 Å². The second-order valence-electron chi connectivity index (χ2n) is 6.61. The Bertz CT molecular complexity index is 1420. The summed E-state index contributed by atoms with van der Waals surface area (Å²) >= 11 is 0. The molecule has 2 aromatic heterocycles.